The largest absolute Gasteiger partial charge is 0.306 e. The summed E-state index contributed by atoms with van der Waals surface area (Å²) in [6, 6.07) is 0.920. The summed E-state index contributed by atoms with van der Waals surface area (Å²) in [4.78, 5) is 5.15. The van der Waals surface area contributed by atoms with E-state index in [0.717, 1.165) is 6.04 Å². The third kappa shape index (κ3) is 4.52. The second kappa shape index (κ2) is 7.24. The van der Waals surface area contributed by atoms with Crippen molar-refractivity contribution in [2.24, 2.45) is 0 Å². The van der Waals surface area contributed by atoms with Crippen molar-refractivity contribution < 1.29 is 0 Å². The van der Waals surface area contributed by atoms with E-state index in [9.17, 15) is 0 Å². The van der Waals surface area contributed by atoms with Crippen LogP contribution in [0, 0.1) is 0 Å². The molecule has 0 saturated carbocycles. The minimum Gasteiger partial charge on any atom is -0.306 e. The lowest BCUT2D eigenvalue weighted by molar-refractivity contribution is 0.143. The van der Waals surface area contributed by atoms with Gasteiger partial charge in [0, 0.05) is 6.04 Å². The van der Waals surface area contributed by atoms with Crippen LogP contribution in [0.1, 0.15) is 46.0 Å². The summed E-state index contributed by atoms with van der Waals surface area (Å²) in [6.45, 7) is 9.60. The highest BCUT2D eigenvalue weighted by Crippen LogP contribution is 2.19. The summed E-state index contributed by atoms with van der Waals surface area (Å²) in [5.74, 6) is 0. The highest BCUT2D eigenvalue weighted by Gasteiger charge is 2.24. The predicted octanol–water partition coefficient (Wildman–Crippen LogP) is 2.59. The van der Waals surface area contributed by atoms with E-state index in [0.29, 0.717) is 0 Å². The van der Waals surface area contributed by atoms with E-state index in [1.54, 1.807) is 0 Å². The molecule has 0 aromatic heterocycles. The van der Waals surface area contributed by atoms with E-state index < -0.39 is 0 Å². The Labute approximate surface area is 95.6 Å². The molecule has 0 aromatic carbocycles. The lowest BCUT2D eigenvalue weighted by Gasteiger charge is -2.34. The van der Waals surface area contributed by atoms with Gasteiger partial charge in [-0.1, -0.05) is 20.3 Å². The summed E-state index contributed by atoms with van der Waals surface area (Å²) in [5.41, 5.74) is 0. The van der Waals surface area contributed by atoms with Crippen LogP contribution in [-0.2, 0) is 0 Å². The highest BCUT2D eigenvalue weighted by molar-refractivity contribution is 4.81. The minimum absolute atomic E-state index is 0.920. The molecule has 90 valence electrons. The lowest BCUT2D eigenvalue weighted by Crippen LogP contribution is -2.42. The number of rotatable bonds is 1. The minimum atomic E-state index is 0.920. The third-order valence-corrected chi connectivity index (χ3v) is 3.35. The molecule has 2 aliphatic heterocycles. The molecule has 2 aliphatic rings. The van der Waals surface area contributed by atoms with E-state index in [2.05, 4.69) is 30.7 Å². The molecule has 0 amide bonds. The fourth-order valence-electron chi connectivity index (χ4n) is 2.47. The molecular weight excluding hydrogens is 184 g/mol. The highest BCUT2D eigenvalue weighted by atomic mass is 15.2. The molecule has 2 nitrogen and oxygen atoms in total. The van der Waals surface area contributed by atoms with Crippen LogP contribution >= 0.6 is 0 Å². The summed E-state index contributed by atoms with van der Waals surface area (Å²) < 4.78 is 0. The zero-order valence-electron chi connectivity index (χ0n) is 10.8. The Morgan fingerprint density at radius 1 is 0.933 bits per heavy atom. The Hall–Kier alpha value is -0.0800. The van der Waals surface area contributed by atoms with E-state index in [-0.39, 0.29) is 0 Å². The number of hydrogen-bond acceptors (Lipinski definition) is 2. The SMILES string of the molecule is CCC.CN1CCC(N2CCCC2)CC1. The van der Waals surface area contributed by atoms with Crippen molar-refractivity contribution in [2.45, 2.75) is 52.0 Å². The van der Waals surface area contributed by atoms with Gasteiger partial charge in [-0.05, 0) is 58.9 Å². The molecule has 0 spiro atoms. The fourth-order valence-corrected chi connectivity index (χ4v) is 2.47. The maximum Gasteiger partial charge on any atom is 0.0120 e. The molecule has 2 rings (SSSR count). The number of piperidine rings is 1. The van der Waals surface area contributed by atoms with Crippen molar-refractivity contribution in [1.82, 2.24) is 9.80 Å². The monoisotopic (exact) mass is 212 g/mol. The lowest BCUT2D eigenvalue weighted by atomic mass is 10.0. The van der Waals surface area contributed by atoms with Crippen molar-refractivity contribution in [3.8, 4) is 0 Å². The van der Waals surface area contributed by atoms with Crippen LogP contribution in [0.5, 0.6) is 0 Å². The maximum atomic E-state index is 2.70. The van der Waals surface area contributed by atoms with Crippen LogP contribution < -0.4 is 0 Å². The van der Waals surface area contributed by atoms with Crippen molar-refractivity contribution in [2.75, 3.05) is 33.2 Å². The van der Waals surface area contributed by atoms with Gasteiger partial charge in [0.2, 0.25) is 0 Å². The maximum absolute atomic E-state index is 2.70. The number of likely N-dealkylation sites (tertiary alicyclic amines) is 2. The standard InChI is InChI=1S/C10H20N2.C3H8/c1-11-8-4-10(5-9-11)12-6-2-3-7-12;1-3-2/h10H,2-9H2,1H3;3H2,1-2H3. The average Bonchev–Trinajstić information content (AvgIpc) is 2.73. The molecule has 2 fully saturated rings. The average molecular weight is 212 g/mol. The van der Waals surface area contributed by atoms with Crippen LogP contribution in [0.3, 0.4) is 0 Å². The second-order valence-electron chi connectivity index (χ2n) is 4.98. The molecule has 2 saturated heterocycles. The normalized spacial score (nSPS) is 25.0. The second-order valence-corrected chi connectivity index (χ2v) is 4.98. The Morgan fingerprint density at radius 2 is 1.40 bits per heavy atom. The molecule has 0 unspecified atom stereocenters. The van der Waals surface area contributed by atoms with Gasteiger partial charge in [-0.2, -0.15) is 0 Å². The van der Waals surface area contributed by atoms with Gasteiger partial charge < -0.3 is 9.80 Å². The first-order valence-corrected chi connectivity index (χ1v) is 6.70. The Balaban J connectivity index is 0.000000337. The Bertz CT molecular complexity index is 145. The zero-order valence-corrected chi connectivity index (χ0v) is 10.8. The molecule has 0 radical (unpaired) electrons. The van der Waals surface area contributed by atoms with Crippen molar-refractivity contribution in [3.63, 3.8) is 0 Å². The van der Waals surface area contributed by atoms with Crippen molar-refractivity contribution >= 4 is 0 Å². The summed E-state index contributed by atoms with van der Waals surface area (Å²) >= 11 is 0. The topological polar surface area (TPSA) is 6.48 Å². The summed E-state index contributed by atoms with van der Waals surface area (Å²) in [7, 11) is 2.24. The molecule has 0 atom stereocenters. The third-order valence-electron chi connectivity index (χ3n) is 3.35. The number of nitrogens with zero attached hydrogens (tertiary/aromatic N) is 2. The van der Waals surface area contributed by atoms with Gasteiger partial charge in [-0.3, -0.25) is 0 Å². The first-order valence-electron chi connectivity index (χ1n) is 6.70. The van der Waals surface area contributed by atoms with Crippen molar-refractivity contribution in [1.29, 1.82) is 0 Å². The fraction of sp³-hybridized carbons (Fsp3) is 1.00. The zero-order chi connectivity index (χ0) is 11.1. The smallest absolute Gasteiger partial charge is 0.0120 e. The van der Waals surface area contributed by atoms with Gasteiger partial charge in [-0.15, -0.1) is 0 Å². The van der Waals surface area contributed by atoms with Gasteiger partial charge >= 0.3 is 0 Å². The van der Waals surface area contributed by atoms with Gasteiger partial charge in [0.15, 0.2) is 0 Å². The molecule has 2 heteroatoms. The first-order chi connectivity index (χ1) is 7.27. The molecule has 0 bridgehead atoms. The Morgan fingerprint density at radius 3 is 1.87 bits per heavy atom. The van der Waals surface area contributed by atoms with Crippen LogP contribution in [-0.4, -0.2) is 49.1 Å². The molecule has 0 aliphatic carbocycles. The molecule has 15 heavy (non-hydrogen) atoms. The van der Waals surface area contributed by atoms with Gasteiger partial charge in [0.05, 0.1) is 0 Å². The van der Waals surface area contributed by atoms with Crippen LogP contribution in [0.25, 0.3) is 0 Å². The van der Waals surface area contributed by atoms with E-state index in [4.69, 9.17) is 0 Å². The quantitative estimate of drug-likeness (QED) is 0.659. The van der Waals surface area contributed by atoms with Gasteiger partial charge in [0.1, 0.15) is 0 Å². The van der Waals surface area contributed by atoms with Gasteiger partial charge in [-0.25, -0.2) is 0 Å². The Kier molecular flexibility index (Phi) is 6.26. The number of hydrogen-bond donors (Lipinski definition) is 0. The molecule has 0 N–H and O–H groups in total. The van der Waals surface area contributed by atoms with Gasteiger partial charge in [0.25, 0.3) is 0 Å². The van der Waals surface area contributed by atoms with Crippen LogP contribution in [0.2, 0.25) is 0 Å². The molecule has 2 heterocycles. The van der Waals surface area contributed by atoms with E-state index in [1.165, 1.54) is 58.3 Å². The molecule has 0 aromatic rings. The van der Waals surface area contributed by atoms with Crippen LogP contribution in [0.4, 0.5) is 0 Å². The summed E-state index contributed by atoms with van der Waals surface area (Å²) in [5, 5.41) is 0. The van der Waals surface area contributed by atoms with E-state index >= 15 is 0 Å². The van der Waals surface area contributed by atoms with Crippen molar-refractivity contribution in [3.05, 3.63) is 0 Å². The summed E-state index contributed by atoms with van der Waals surface area (Å²) in [6.07, 6.45) is 6.92. The molecular formula is C13H28N2. The van der Waals surface area contributed by atoms with Crippen LogP contribution in [0.15, 0.2) is 0 Å². The predicted molar refractivity (Wildman–Crippen MR) is 67.3 cm³/mol. The first kappa shape index (κ1) is 13.0. The van der Waals surface area contributed by atoms with E-state index in [1.807, 2.05) is 0 Å².